The van der Waals surface area contributed by atoms with Crippen LogP contribution in [0.25, 0.3) is 0 Å². The summed E-state index contributed by atoms with van der Waals surface area (Å²) in [5.74, 6) is 0. The molecule has 3 atom stereocenters. The zero-order chi connectivity index (χ0) is 12.4. The fourth-order valence-electron chi connectivity index (χ4n) is 3.23. The van der Waals surface area contributed by atoms with E-state index in [0.717, 1.165) is 19.6 Å². The summed E-state index contributed by atoms with van der Waals surface area (Å²) >= 11 is 0. The maximum atomic E-state index is 5.93. The van der Waals surface area contributed by atoms with E-state index in [1.807, 2.05) is 7.05 Å². The topological polar surface area (TPSA) is 24.5 Å². The summed E-state index contributed by atoms with van der Waals surface area (Å²) in [7, 11) is 2.03. The van der Waals surface area contributed by atoms with Crippen molar-refractivity contribution >= 4 is 0 Å². The van der Waals surface area contributed by atoms with Crippen LogP contribution < -0.4 is 5.32 Å². The number of hydrogen-bond acceptors (Lipinski definition) is 3. The third-order valence-corrected chi connectivity index (χ3v) is 4.09. The highest BCUT2D eigenvalue weighted by Crippen LogP contribution is 2.31. The molecule has 0 saturated carbocycles. The molecule has 0 spiro atoms. The average molecular weight is 246 g/mol. The van der Waals surface area contributed by atoms with E-state index in [1.54, 1.807) is 0 Å². The molecule has 2 fully saturated rings. The molecule has 2 bridgehead atoms. The molecule has 0 aromatic heterocycles. The van der Waals surface area contributed by atoms with Crippen LogP contribution in [0.3, 0.4) is 0 Å². The second kappa shape index (κ2) is 5.39. The minimum atomic E-state index is 0.465. The molecule has 3 heteroatoms. The van der Waals surface area contributed by atoms with Crippen LogP contribution in [0.2, 0.25) is 0 Å². The third kappa shape index (κ3) is 2.44. The maximum absolute atomic E-state index is 5.93. The van der Waals surface area contributed by atoms with Crippen molar-refractivity contribution in [3.63, 3.8) is 0 Å². The van der Waals surface area contributed by atoms with Gasteiger partial charge >= 0.3 is 0 Å². The lowest BCUT2D eigenvalue weighted by atomic mass is 10.0. The summed E-state index contributed by atoms with van der Waals surface area (Å²) < 4.78 is 5.93. The number of morpholine rings is 1. The number of nitrogens with one attached hydrogen (secondary N) is 1. The van der Waals surface area contributed by atoms with Crippen LogP contribution in [-0.4, -0.2) is 43.8 Å². The van der Waals surface area contributed by atoms with E-state index in [1.165, 1.54) is 18.4 Å². The van der Waals surface area contributed by atoms with Crippen molar-refractivity contribution in [3.8, 4) is 0 Å². The first-order chi connectivity index (χ1) is 8.86. The SMILES string of the molecule is CNCC(c1ccccc1)N1CC2CCC(C1)O2. The molecule has 3 unspecified atom stereocenters. The van der Waals surface area contributed by atoms with Gasteiger partial charge in [0.15, 0.2) is 0 Å². The van der Waals surface area contributed by atoms with Crippen molar-refractivity contribution < 1.29 is 4.74 Å². The average Bonchev–Trinajstić information content (AvgIpc) is 2.76. The molecular formula is C15H22N2O. The van der Waals surface area contributed by atoms with Crippen molar-refractivity contribution in [1.82, 2.24) is 10.2 Å². The predicted octanol–water partition coefficient (Wildman–Crippen LogP) is 1.81. The zero-order valence-corrected chi connectivity index (χ0v) is 11.0. The van der Waals surface area contributed by atoms with Crippen LogP contribution in [0.1, 0.15) is 24.4 Å². The van der Waals surface area contributed by atoms with E-state index in [0.29, 0.717) is 18.2 Å². The van der Waals surface area contributed by atoms with Crippen molar-refractivity contribution in [2.24, 2.45) is 0 Å². The third-order valence-electron chi connectivity index (χ3n) is 4.09. The van der Waals surface area contributed by atoms with Crippen molar-refractivity contribution in [2.75, 3.05) is 26.7 Å². The number of likely N-dealkylation sites (N-methyl/N-ethyl adjacent to an activating group) is 1. The highest BCUT2D eigenvalue weighted by Gasteiger charge is 2.36. The van der Waals surface area contributed by atoms with Gasteiger partial charge in [0.05, 0.1) is 12.2 Å². The first-order valence-corrected chi connectivity index (χ1v) is 6.96. The Balaban J connectivity index is 1.77. The molecule has 2 aliphatic heterocycles. The van der Waals surface area contributed by atoms with Crippen LogP contribution in [0.4, 0.5) is 0 Å². The second-order valence-electron chi connectivity index (χ2n) is 5.40. The Morgan fingerprint density at radius 2 is 1.89 bits per heavy atom. The Morgan fingerprint density at radius 3 is 2.50 bits per heavy atom. The molecule has 1 N–H and O–H groups in total. The van der Waals surface area contributed by atoms with Crippen LogP contribution in [0, 0.1) is 0 Å². The Labute approximate surface area is 109 Å². The quantitative estimate of drug-likeness (QED) is 0.877. The van der Waals surface area contributed by atoms with Crippen LogP contribution in [0.5, 0.6) is 0 Å². The van der Waals surface area contributed by atoms with E-state index < -0.39 is 0 Å². The molecule has 2 aliphatic rings. The summed E-state index contributed by atoms with van der Waals surface area (Å²) in [5.41, 5.74) is 1.41. The Bertz CT molecular complexity index is 369. The first-order valence-electron chi connectivity index (χ1n) is 6.96. The Hall–Kier alpha value is -0.900. The highest BCUT2D eigenvalue weighted by atomic mass is 16.5. The minimum Gasteiger partial charge on any atom is -0.372 e. The molecule has 0 amide bonds. The van der Waals surface area contributed by atoms with Gasteiger partial charge in [0.2, 0.25) is 0 Å². The van der Waals surface area contributed by atoms with Gasteiger partial charge in [0.25, 0.3) is 0 Å². The van der Waals surface area contributed by atoms with Crippen molar-refractivity contribution in [2.45, 2.75) is 31.1 Å². The van der Waals surface area contributed by atoms with Crippen LogP contribution in [0.15, 0.2) is 30.3 Å². The smallest absolute Gasteiger partial charge is 0.0707 e. The zero-order valence-electron chi connectivity index (χ0n) is 11.0. The molecule has 1 aromatic rings. The lowest BCUT2D eigenvalue weighted by Crippen LogP contribution is -2.46. The molecule has 0 radical (unpaired) electrons. The number of ether oxygens (including phenoxy) is 1. The van der Waals surface area contributed by atoms with E-state index in [9.17, 15) is 0 Å². The van der Waals surface area contributed by atoms with Crippen LogP contribution >= 0.6 is 0 Å². The van der Waals surface area contributed by atoms with Gasteiger partial charge in [0.1, 0.15) is 0 Å². The van der Waals surface area contributed by atoms with Gasteiger partial charge in [-0.25, -0.2) is 0 Å². The van der Waals surface area contributed by atoms with Gasteiger partial charge in [-0.2, -0.15) is 0 Å². The lowest BCUT2D eigenvalue weighted by molar-refractivity contribution is -0.0529. The summed E-state index contributed by atoms with van der Waals surface area (Å²) in [4.78, 5) is 2.59. The summed E-state index contributed by atoms with van der Waals surface area (Å²) in [6, 6.07) is 11.3. The van der Waals surface area contributed by atoms with Gasteiger partial charge < -0.3 is 10.1 Å². The summed E-state index contributed by atoms with van der Waals surface area (Å²) in [6.07, 6.45) is 3.41. The van der Waals surface area contributed by atoms with Crippen LogP contribution in [-0.2, 0) is 4.74 Å². The van der Waals surface area contributed by atoms with Gasteiger partial charge in [-0.15, -0.1) is 0 Å². The molecule has 3 nitrogen and oxygen atoms in total. The normalized spacial score (nSPS) is 29.4. The highest BCUT2D eigenvalue weighted by molar-refractivity contribution is 5.20. The standard InChI is InChI=1S/C15H22N2O/c1-16-9-15(12-5-3-2-4-6-12)17-10-13-7-8-14(11-17)18-13/h2-6,13-16H,7-11H2,1H3. The number of benzene rings is 1. The van der Waals surface area contributed by atoms with E-state index in [4.69, 9.17) is 4.74 Å². The van der Waals surface area contributed by atoms with Crippen molar-refractivity contribution in [1.29, 1.82) is 0 Å². The molecule has 1 aromatic carbocycles. The van der Waals surface area contributed by atoms with E-state index in [-0.39, 0.29) is 0 Å². The molecular weight excluding hydrogens is 224 g/mol. The molecule has 18 heavy (non-hydrogen) atoms. The van der Waals surface area contributed by atoms with E-state index >= 15 is 0 Å². The van der Waals surface area contributed by atoms with Gasteiger partial charge in [-0.05, 0) is 25.5 Å². The summed E-state index contributed by atoms with van der Waals surface area (Å²) in [6.45, 7) is 3.17. The Morgan fingerprint density at radius 1 is 1.22 bits per heavy atom. The molecule has 3 rings (SSSR count). The molecule has 2 saturated heterocycles. The number of hydrogen-bond donors (Lipinski definition) is 1. The minimum absolute atomic E-state index is 0.465. The predicted molar refractivity (Wildman–Crippen MR) is 72.6 cm³/mol. The van der Waals surface area contributed by atoms with Gasteiger partial charge in [-0.3, -0.25) is 4.90 Å². The first kappa shape index (κ1) is 12.2. The van der Waals surface area contributed by atoms with Gasteiger partial charge in [0, 0.05) is 25.7 Å². The fraction of sp³-hybridized carbons (Fsp3) is 0.600. The Kier molecular flexibility index (Phi) is 3.64. The monoisotopic (exact) mass is 246 g/mol. The number of rotatable bonds is 4. The number of nitrogens with zero attached hydrogens (tertiary/aromatic N) is 1. The second-order valence-corrected chi connectivity index (χ2v) is 5.40. The van der Waals surface area contributed by atoms with E-state index in [2.05, 4.69) is 40.5 Å². The fourth-order valence-corrected chi connectivity index (χ4v) is 3.23. The molecule has 2 heterocycles. The van der Waals surface area contributed by atoms with Gasteiger partial charge in [-0.1, -0.05) is 30.3 Å². The molecule has 0 aliphatic carbocycles. The molecule has 98 valence electrons. The largest absolute Gasteiger partial charge is 0.372 e. The summed E-state index contributed by atoms with van der Waals surface area (Å²) in [5, 5.41) is 3.33. The number of fused-ring (bicyclic) bond motifs is 2. The van der Waals surface area contributed by atoms with Crippen molar-refractivity contribution in [3.05, 3.63) is 35.9 Å². The number of likely N-dealkylation sites (tertiary alicyclic amines) is 1. The lowest BCUT2D eigenvalue weighted by Gasteiger charge is -2.38. The maximum Gasteiger partial charge on any atom is 0.0707 e.